The quantitative estimate of drug-likeness (QED) is 0.384. The summed E-state index contributed by atoms with van der Waals surface area (Å²) in [6.45, 7) is 2.93. The Kier molecular flexibility index (Phi) is 6.47. The van der Waals surface area contributed by atoms with E-state index in [0.29, 0.717) is 16.6 Å². The maximum Gasteiger partial charge on any atom is 0.267 e. The largest absolute Gasteiger partial charge is 0.495 e. The Morgan fingerprint density at radius 3 is 2.85 bits per heavy atom. The van der Waals surface area contributed by atoms with E-state index in [1.165, 1.54) is 23.1 Å². The lowest BCUT2D eigenvalue weighted by Gasteiger charge is -2.33. The van der Waals surface area contributed by atoms with E-state index in [1.54, 1.807) is 23.0 Å². The second-order valence-corrected chi connectivity index (χ2v) is 10.8. The Hall–Kier alpha value is -2.32. The number of piperidine rings is 1. The van der Waals surface area contributed by atoms with Crippen molar-refractivity contribution in [2.45, 2.75) is 63.1 Å². The minimum absolute atomic E-state index is 0.0646. The van der Waals surface area contributed by atoms with Gasteiger partial charge in [-0.3, -0.25) is 14.2 Å². The van der Waals surface area contributed by atoms with E-state index in [0.717, 1.165) is 60.8 Å². The zero-order chi connectivity index (χ0) is 22.9. The number of para-hydroxylation sites is 2. The molecule has 33 heavy (non-hydrogen) atoms. The molecule has 0 spiro atoms. The van der Waals surface area contributed by atoms with Gasteiger partial charge in [0.2, 0.25) is 5.91 Å². The lowest BCUT2D eigenvalue weighted by molar-refractivity contribution is -0.131. The number of thiophene rings is 1. The Morgan fingerprint density at radius 2 is 2.03 bits per heavy atom. The van der Waals surface area contributed by atoms with E-state index < -0.39 is 0 Å². The van der Waals surface area contributed by atoms with Crippen LogP contribution in [0.2, 0.25) is 0 Å². The summed E-state index contributed by atoms with van der Waals surface area (Å²) in [5.41, 5.74) is 1.76. The van der Waals surface area contributed by atoms with Gasteiger partial charge in [-0.2, -0.15) is 0 Å². The van der Waals surface area contributed by atoms with Crippen molar-refractivity contribution >= 4 is 39.2 Å². The summed E-state index contributed by atoms with van der Waals surface area (Å²) in [6, 6.07) is 7.78. The van der Waals surface area contributed by atoms with Gasteiger partial charge in [-0.05, 0) is 69.6 Å². The van der Waals surface area contributed by atoms with Crippen LogP contribution in [0.15, 0.2) is 34.2 Å². The number of thioether (sulfide) groups is 1. The molecule has 0 radical (unpaired) electrons. The summed E-state index contributed by atoms with van der Waals surface area (Å²) in [7, 11) is 1.61. The number of rotatable bonds is 5. The van der Waals surface area contributed by atoms with Crippen molar-refractivity contribution in [2.75, 3.05) is 19.4 Å². The summed E-state index contributed by atoms with van der Waals surface area (Å²) in [5, 5.41) is 1.29. The average molecular weight is 484 g/mol. The number of ether oxygens (including phenoxy) is 1. The number of amides is 1. The van der Waals surface area contributed by atoms with Gasteiger partial charge >= 0.3 is 0 Å². The Bertz CT molecular complexity index is 1250. The van der Waals surface area contributed by atoms with Crippen LogP contribution >= 0.6 is 23.1 Å². The lowest BCUT2D eigenvalue weighted by Crippen LogP contribution is -2.43. The van der Waals surface area contributed by atoms with Gasteiger partial charge in [0.25, 0.3) is 5.56 Å². The van der Waals surface area contributed by atoms with Crippen molar-refractivity contribution in [1.29, 1.82) is 0 Å². The number of carbonyl (C=O) groups is 1. The zero-order valence-corrected chi connectivity index (χ0v) is 20.8. The summed E-state index contributed by atoms with van der Waals surface area (Å²) < 4.78 is 7.23. The van der Waals surface area contributed by atoms with E-state index in [1.807, 2.05) is 29.2 Å². The monoisotopic (exact) mass is 483 g/mol. The van der Waals surface area contributed by atoms with Crippen molar-refractivity contribution in [2.24, 2.45) is 0 Å². The minimum atomic E-state index is -0.0646. The first-order chi connectivity index (χ1) is 16.1. The molecular weight excluding hydrogens is 454 g/mol. The topological polar surface area (TPSA) is 64.4 Å². The highest BCUT2D eigenvalue weighted by Crippen LogP contribution is 2.36. The van der Waals surface area contributed by atoms with Crippen molar-refractivity contribution in [3.63, 3.8) is 0 Å². The lowest BCUT2D eigenvalue weighted by atomic mass is 9.97. The SMILES string of the molecule is COc1ccccc1-n1c(SCC(=O)N2CCCCC2C)nc2sc3c(c2c1=O)CCCC3. The molecule has 3 aromatic rings. The number of hydrogen-bond donors (Lipinski definition) is 0. The summed E-state index contributed by atoms with van der Waals surface area (Å²) in [4.78, 5) is 35.9. The second-order valence-electron chi connectivity index (χ2n) is 8.82. The number of hydrogen-bond acceptors (Lipinski definition) is 6. The van der Waals surface area contributed by atoms with Crippen molar-refractivity contribution < 1.29 is 9.53 Å². The third kappa shape index (κ3) is 4.19. The van der Waals surface area contributed by atoms with Gasteiger partial charge in [-0.15, -0.1) is 11.3 Å². The Balaban J connectivity index is 1.59. The van der Waals surface area contributed by atoms with Crippen molar-refractivity contribution in [3.05, 3.63) is 45.1 Å². The molecule has 1 unspecified atom stereocenters. The first-order valence-corrected chi connectivity index (χ1v) is 13.5. The normalized spacial score (nSPS) is 18.4. The molecule has 1 aliphatic carbocycles. The number of nitrogens with zero attached hydrogens (tertiary/aromatic N) is 3. The predicted octanol–water partition coefficient (Wildman–Crippen LogP) is 4.83. The van der Waals surface area contributed by atoms with Gasteiger partial charge in [0.15, 0.2) is 5.16 Å². The molecule has 1 amide bonds. The standard InChI is InChI=1S/C25H29N3O3S2/c1-16-9-7-8-14-27(16)21(29)15-32-25-26-23-22(17-10-3-6-13-20(17)33-23)24(30)28(25)18-11-4-5-12-19(18)31-2/h4-5,11-12,16H,3,6-10,13-15H2,1-2H3. The maximum absolute atomic E-state index is 13.9. The average Bonchev–Trinajstić information content (AvgIpc) is 3.21. The number of fused-ring (bicyclic) bond motifs is 3. The van der Waals surface area contributed by atoms with Crippen LogP contribution in [-0.2, 0) is 17.6 Å². The fourth-order valence-corrected chi connectivity index (χ4v) is 7.18. The molecule has 3 heterocycles. The van der Waals surface area contributed by atoms with E-state index in [-0.39, 0.29) is 23.3 Å². The number of aryl methyl sites for hydroxylation is 2. The number of likely N-dealkylation sites (tertiary alicyclic amines) is 1. The van der Waals surface area contributed by atoms with Crippen LogP contribution in [0.4, 0.5) is 0 Å². The summed E-state index contributed by atoms with van der Waals surface area (Å²) in [6.07, 6.45) is 7.47. The molecule has 1 saturated heterocycles. The number of benzene rings is 1. The summed E-state index contributed by atoms with van der Waals surface area (Å²) in [5.74, 6) is 0.990. The third-order valence-corrected chi connectivity index (χ3v) is 8.84. The Labute approximate surface area is 202 Å². The molecule has 8 heteroatoms. The van der Waals surface area contributed by atoms with E-state index >= 15 is 0 Å². The first-order valence-electron chi connectivity index (χ1n) is 11.7. The third-order valence-electron chi connectivity index (χ3n) is 6.73. The highest BCUT2D eigenvalue weighted by atomic mass is 32.2. The van der Waals surface area contributed by atoms with Crippen LogP contribution in [0.3, 0.4) is 0 Å². The molecule has 1 fully saturated rings. The van der Waals surface area contributed by atoms with Crippen LogP contribution in [0.25, 0.3) is 15.9 Å². The smallest absolute Gasteiger partial charge is 0.267 e. The molecule has 5 rings (SSSR count). The van der Waals surface area contributed by atoms with Gasteiger partial charge in [0, 0.05) is 17.5 Å². The molecular formula is C25H29N3O3S2. The molecule has 1 aromatic carbocycles. The molecule has 0 saturated carbocycles. The molecule has 2 aliphatic rings. The van der Waals surface area contributed by atoms with Gasteiger partial charge in [-0.25, -0.2) is 4.98 Å². The van der Waals surface area contributed by atoms with Crippen molar-refractivity contribution in [3.8, 4) is 11.4 Å². The van der Waals surface area contributed by atoms with E-state index in [4.69, 9.17) is 9.72 Å². The molecule has 1 atom stereocenters. The van der Waals surface area contributed by atoms with Gasteiger partial charge in [0.1, 0.15) is 10.6 Å². The fraction of sp³-hybridized carbons (Fsp3) is 0.480. The molecule has 0 N–H and O–H groups in total. The van der Waals surface area contributed by atoms with Crippen molar-refractivity contribution in [1.82, 2.24) is 14.5 Å². The molecule has 174 valence electrons. The maximum atomic E-state index is 13.9. The van der Waals surface area contributed by atoms with E-state index in [2.05, 4.69) is 6.92 Å². The predicted molar refractivity (Wildman–Crippen MR) is 134 cm³/mol. The molecule has 6 nitrogen and oxygen atoms in total. The van der Waals surface area contributed by atoms with E-state index in [9.17, 15) is 9.59 Å². The van der Waals surface area contributed by atoms with Crippen LogP contribution in [0.1, 0.15) is 49.5 Å². The highest BCUT2D eigenvalue weighted by molar-refractivity contribution is 7.99. The van der Waals surface area contributed by atoms with Gasteiger partial charge < -0.3 is 9.64 Å². The first kappa shape index (κ1) is 22.5. The highest BCUT2D eigenvalue weighted by Gasteiger charge is 2.26. The van der Waals surface area contributed by atoms with Crippen LogP contribution in [0.5, 0.6) is 5.75 Å². The fourth-order valence-electron chi connectivity index (χ4n) is 4.99. The molecule has 1 aliphatic heterocycles. The minimum Gasteiger partial charge on any atom is -0.495 e. The summed E-state index contributed by atoms with van der Waals surface area (Å²) >= 11 is 2.99. The Morgan fingerprint density at radius 1 is 1.21 bits per heavy atom. The van der Waals surface area contributed by atoms with Crippen LogP contribution < -0.4 is 10.3 Å². The number of carbonyl (C=O) groups excluding carboxylic acids is 1. The molecule has 2 aromatic heterocycles. The zero-order valence-electron chi connectivity index (χ0n) is 19.1. The number of aromatic nitrogens is 2. The van der Waals surface area contributed by atoms with Crippen LogP contribution in [-0.4, -0.2) is 45.8 Å². The van der Waals surface area contributed by atoms with Crippen LogP contribution in [0, 0.1) is 0 Å². The second kappa shape index (κ2) is 9.50. The van der Waals surface area contributed by atoms with Gasteiger partial charge in [0.05, 0.1) is 23.9 Å². The van der Waals surface area contributed by atoms with Gasteiger partial charge in [-0.1, -0.05) is 23.9 Å². The molecule has 0 bridgehead atoms. The number of methoxy groups -OCH3 is 1.